The number of morpholine rings is 1. The molecule has 0 amide bonds. The molecule has 0 spiro atoms. The predicted molar refractivity (Wildman–Crippen MR) is 71.0 cm³/mol. The van der Waals surface area contributed by atoms with E-state index in [0.29, 0.717) is 32.2 Å². The number of rotatable bonds is 4. The van der Waals surface area contributed by atoms with Crippen molar-refractivity contribution in [2.24, 2.45) is 0 Å². The highest BCUT2D eigenvalue weighted by Gasteiger charge is 2.24. The number of ether oxygens (including phenoxy) is 1. The molecule has 0 aliphatic carbocycles. The topological polar surface area (TPSA) is 46.6 Å². The first-order chi connectivity index (χ1) is 8.62. The summed E-state index contributed by atoms with van der Waals surface area (Å²) in [5.41, 5.74) is 1.78. The number of hydrogen-bond acceptors (Lipinski definition) is 3. The molecule has 1 aliphatic rings. The fraction of sp³-hybridized carbons (Fsp3) is 0.500. The van der Waals surface area contributed by atoms with Crippen LogP contribution in [0.2, 0.25) is 0 Å². The Balaban J connectivity index is 2.06. The van der Waals surface area contributed by atoms with Crippen LogP contribution in [0.4, 0.5) is 0 Å². The van der Waals surface area contributed by atoms with Crippen molar-refractivity contribution in [3.63, 3.8) is 0 Å². The maximum atomic E-state index is 12.2. The summed E-state index contributed by atoms with van der Waals surface area (Å²) in [5.74, 6) is 0.478. The molecule has 0 aromatic heterocycles. The molecule has 1 aromatic rings. The van der Waals surface area contributed by atoms with E-state index in [-0.39, 0.29) is 5.75 Å². The van der Waals surface area contributed by atoms with Crippen LogP contribution >= 0.6 is 11.6 Å². The van der Waals surface area contributed by atoms with Crippen LogP contribution in [-0.2, 0) is 26.4 Å². The minimum atomic E-state index is -3.24. The van der Waals surface area contributed by atoms with Gasteiger partial charge in [-0.2, -0.15) is 4.31 Å². The van der Waals surface area contributed by atoms with Crippen LogP contribution in [0.15, 0.2) is 24.3 Å². The summed E-state index contributed by atoms with van der Waals surface area (Å²) in [6.45, 7) is 1.85. The Kier molecular flexibility index (Phi) is 4.61. The van der Waals surface area contributed by atoms with Gasteiger partial charge in [-0.05, 0) is 11.1 Å². The van der Waals surface area contributed by atoms with Crippen molar-refractivity contribution >= 4 is 21.6 Å². The third-order valence-corrected chi connectivity index (χ3v) is 5.05. The van der Waals surface area contributed by atoms with Crippen molar-refractivity contribution < 1.29 is 13.2 Å². The van der Waals surface area contributed by atoms with E-state index in [1.807, 2.05) is 24.3 Å². The summed E-state index contributed by atoms with van der Waals surface area (Å²) < 4.78 is 31.0. The van der Waals surface area contributed by atoms with Gasteiger partial charge in [0, 0.05) is 19.0 Å². The molecule has 0 atom stereocenters. The molecular weight excluding hydrogens is 274 g/mol. The summed E-state index contributed by atoms with van der Waals surface area (Å²) in [5, 5.41) is 0. The Labute approximate surface area is 113 Å². The first kappa shape index (κ1) is 13.8. The van der Waals surface area contributed by atoms with E-state index in [9.17, 15) is 8.42 Å². The number of benzene rings is 1. The monoisotopic (exact) mass is 289 g/mol. The average Bonchev–Trinajstić information content (AvgIpc) is 2.40. The summed E-state index contributed by atoms with van der Waals surface area (Å²) in [7, 11) is -3.24. The molecule has 0 bridgehead atoms. The lowest BCUT2D eigenvalue weighted by molar-refractivity contribution is 0.0729. The van der Waals surface area contributed by atoms with Crippen molar-refractivity contribution in [2.45, 2.75) is 11.6 Å². The van der Waals surface area contributed by atoms with Gasteiger partial charge in [-0.1, -0.05) is 24.3 Å². The lowest BCUT2D eigenvalue weighted by Crippen LogP contribution is -2.41. The quantitative estimate of drug-likeness (QED) is 0.791. The molecule has 18 heavy (non-hydrogen) atoms. The fourth-order valence-electron chi connectivity index (χ4n) is 1.85. The van der Waals surface area contributed by atoms with Gasteiger partial charge in [0.2, 0.25) is 10.0 Å². The Morgan fingerprint density at radius 3 is 2.22 bits per heavy atom. The third-order valence-electron chi connectivity index (χ3n) is 2.89. The summed E-state index contributed by atoms with van der Waals surface area (Å²) in [6.07, 6.45) is 0. The first-order valence-corrected chi connectivity index (χ1v) is 7.95. The lowest BCUT2D eigenvalue weighted by atomic mass is 10.2. The minimum absolute atomic E-state index is 0.0373. The normalized spacial score (nSPS) is 17.8. The number of halogens is 1. The highest BCUT2D eigenvalue weighted by atomic mass is 35.5. The second-order valence-electron chi connectivity index (χ2n) is 4.22. The van der Waals surface area contributed by atoms with Crippen molar-refractivity contribution in [1.29, 1.82) is 0 Å². The van der Waals surface area contributed by atoms with Crippen LogP contribution in [0.5, 0.6) is 0 Å². The molecule has 100 valence electrons. The van der Waals surface area contributed by atoms with Gasteiger partial charge >= 0.3 is 0 Å². The van der Waals surface area contributed by atoms with E-state index in [0.717, 1.165) is 11.1 Å². The van der Waals surface area contributed by atoms with Gasteiger partial charge in [-0.3, -0.25) is 0 Å². The van der Waals surface area contributed by atoms with Gasteiger partial charge in [-0.25, -0.2) is 8.42 Å². The van der Waals surface area contributed by atoms with Crippen molar-refractivity contribution in [3.05, 3.63) is 35.4 Å². The highest BCUT2D eigenvalue weighted by Crippen LogP contribution is 2.14. The van der Waals surface area contributed by atoms with Gasteiger partial charge in [0.15, 0.2) is 0 Å². The van der Waals surface area contributed by atoms with Crippen molar-refractivity contribution in [2.75, 3.05) is 26.3 Å². The number of nitrogens with zero attached hydrogens (tertiary/aromatic N) is 1. The fourth-order valence-corrected chi connectivity index (χ4v) is 3.53. The van der Waals surface area contributed by atoms with Crippen molar-refractivity contribution in [3.8, 4) is 0 Å². The van der Waals surface area contributed by atoms with E-state index in [1.165, 1.54) is 4.31 Å². The molecule has 1 fully saturated rings. The van der Waals surface area contributed by atoms with Gasteiger partial charge in [0.25, 0.3) is 0 Å². The number of hydrogen-bond donors (Lipinski definition) is 0. The van der Waals surface area contributed by atoms with E-state index in [2.05, 4.69) is 0 Å². The van der Waals surface area contributed by atoms with Crippen LogP contribution in [0.1, 0.15) is 11.1 Å². The molecular formula is C12H16ClNO3S. The molecule has 0 unspecified atom stereocenters. The van der Waals surface area contributed by atoms with E-state index < -0.39 is 10.0 Å². The largest absolute Gasteiger partial charge is 0.379 e. The molecule has 0 saturated carbocycles. The zero-order valence-electron chi connectivity index (χ0n) is 10.0. The highest BCUT2D eigenvalue weighted by molar-refractivity contribution is 7.88. The SMILES string of the molecule is O=S(=O)(Cc1ccc(CCl)cc1)N1CCOCC1. The zero-order valence-corrected chi connectivity index (χ0v) is 11.6. The molecule has 4 nitrogen and oxygen atoms in total. The van der Waals surface area contributed by atoms with Crippen molar-refractivity contribution in [1.82, 2.24) is 4.31 Å². The smallest absolute Gasteiger partial charge is 0.218 e. The summed E-state index contributed by atoms with van der Waals surface area (Å²) in [4.78, 5) is 0. The Morgan fingerprint density at radius 1 is 1.11 bits per heavy atom. The van der Waals surface area contributed by atoms with Gasteiger partial charge in [0.1, 0.15) is 0 Å². The Hall–Kier alpha value is -0.620. The maximum Gasteiger partial charge on any atom is 0.218 e. The number of alkyl halides is 1. The molecule has 1 heterocycles. The van der Waals surface area contributed by atoms with Gasteiger partial charge in [-0.15, -0.1) is 11.6 Å². The minimum Gasteiger partial charge on any atom is -0.379 e. The van der Waals surface area contributed by atoms with E-state index in [1.54, 1.807) is 0 Å². The molecule has 6 heteroatoms. The molecule has 0 N–H and O–H groups in total. The second-order valence-corrected chi connectivity index (χ2v) is 6.45. The average molecular weight is 290 g/mol. The van der Waals surface area contributed by atoms with Crippen LogP contribution in [0.25, 0.3) is 0 Å². The van der Waals surface area contributed by atoms with Gasteiger partial charge in [0.05, 0.1) is 19.0 Å². The molecule has 1 aromatic carbocycles. The number of sulfonamides is 1. The summed E-state index contributed by atoms with van der Waals surface area (Å²) >= 11 is 5.69. The van der Waals surface area contributed by atoms with Crippen LogP contribution in [0, 0.1) is 0 Å². The molecule has 1 aliphatic heterocycles. The maximum absolute atomic E-state index is 12.2. The second kappa shape index (κ2) is 6.02. The third kappa shape index (κ3) is 3.45. The van der Waals surface area contributed by atoms with Crippen LogP contribution in [-0.4, -0.2) is 39.0 Å². The Bertz CT molecular complexity index is 481. The molecule has 1 saturated heterocycles. The van der Waals surface area contributed by atoms with E-state index in [4.69, 9.17) is 16.3 Å². The summed E-state index contributed by atoms with van der Waals surface area (Å²) in [6, 6.07) is 7.35. The van der Waals surface area contributed by atoms with E-state index >= 15 is 0 Å². The standard InChI is InChI=1S/C12H16ClNO3S/c13-9-11-1-3-12(4-2-11)10-18(15,16)14-5-7-17-8-6-14/h1-4H,5-10H2. The lowest BCUT2D eigenvalue weighted by Gasteiger charge is -2.26. The molecule has 2 rings (SSSR count). The zero-order chi connectivity index (χ0) is 13.0. The van der Waals surface area contributed by atoms with Gasteiger partial charge < -0.3 is 4.74 Å². The Morgan fingerprint density at radius 2 is 1.67 bits per heavy atom. The first-order valence-electron chi connectivity index (χ1n) is 5.81. The van der Waals surface area contributed by atoms with Crippen LogP contribution in [0.3, 0.4) is 0 Å². The predicted octanol–water partition coefficient (Wildman–Crippen LogP) is 1.59. The van der Waals surface area contributed by atoms with Crippen LogP contribution < -0.4 is 0 Å². The molecule has 0 radical (unpaired) electrons.